The van der Waals surface area contributed by atoms with Gasteiger partial charge in [0.25, 0.3) is 0 Å². The molecule has 1 aliphatic rings. The van der Waals surface area contributed by atoms with Crippen LogP contribution in [0.3, 0.4) is 0 Å². The lowest BCUT2D eigenvalue weighted by Gasteiger charge is -2.34. The van der Waals surface area contributed by atoms with Crippen molar-refractivity contribution in [3.05, 3.63) is 0 Å². The zero-order valence-corrected chi connectivity index (χ0v) is 11.4. The molecule has 1 aliphatic heterocycles. The van der Waals surface area contributed by atoms with E-state index in [-0.39, 0.29) is 17.7 Å². The van der Waals surface area contributed by atoms with Crippen molar-refractivity contribution >= 4 is 11.7 Å². The molecule has 1 unspecified atom stereocenters. The fraction of sp³-hybridized carbons (Fsp3) is 0.846. The molecule has 0 aromatic heterocycles. The van der Waals surface area contributed by atoms with E-state index in [0.717, 1.165) is 25.9 Å². The summed E-state index contributed by atoms with van der Waals surface area (Å²) >= 11 is 0. The van der Waals surface area contributed by atoms with Gasteiger partial charge in [-0.1, -0.05) is 0 Å². The van der Waals surface area contributed by atoms with Gasteiger partial charge in [0.05, 0.1) is 13.2 Å². The van der Waals surface area contributed by atoms with Crippen LogP contribution >= 0.6 is 0 Å². The fourth-order valence-electron chi connectivity index (χ4n) is 2.13. The first kappa shape index (κ1) is 15.1. The quantitative estimate of drug-likeness (QED) is 0.677. The van der Waals surface area contributed by atoms with E-state index in [9.17, 15) is 9.59 Å². The van der Waals surface area contributed by atoms with Crippen LogP contribution in [-0.2, 0) is 14.3 Å². The largest absolute Gasteiger partial charge is 0.378 e. The minimum absolute atomic E-state index is 0.0452. The Kier molecular flexibility index (Phi) is 6.90. The molecular formula is C13H24N2O3. The first-order valence-electron chi connectivity index (χ1n) is 6.74. The molecule has 18 heavy (non-hydrogen) atoms. The second-order valence-electron chi connectivity index (χ2n) is 4.68. The lowest BCUT2D eigenvalue weighted by molar-refractivity contribution is -0.132. The van der Waals surface area contributed by atoms with E-state index in [1.807, 2.05) is 6.92 Å². The number of hydrogen-bond acceptors (Lipinski definition) is 4. The van der Waals surface area contributed by atoms with E-state index < -0.39 is 0 Å². The number of hydrogen-bond donors (Lipinski definition) is 1. The van der Waals surface area contributed by atoms with Crippen LogP contribution in [0.25, 0.3) is 0 Å². The third-order valence-corrected chi connectivity index (χ3v) is 3.12. The standard InChI is InChI=1S/C13H24N2O3/c1-3-14-13(17)12-10-18-9-8-15(12)7-5-4-6-11(2)16/h12H,3-10H2,1-2H3,(H,14,17). The molecule has 0 spiro atoms. The van der Waals surface area contributed by atoms with Gasteiger partial charge in [-0.05, 0) is 33.2 Å². The van der Waals surface area contributed by atoms with Gasteiger partial charge in [0, 0.05) is 19.5 Å². The number of ether oxygens (including phenoxy) is 1. The average Bonchev–Trinajstić information content (AvgIpc) is 2.35. The van der Waals surface area contributed by atoms with Crippen molar-refractivity contribution in [2.75, 3.05) is 32.8 Å². The number of nitrogens with zero attached hydrogens (tertiary/aromatic N) is 1. The van der Waals surface area contributed by atoms with Crippen LogP contribution in [0, 0.1) is 0 Å². The van der Waals surface area contributed by atoms with Crippen LogP contribution in [0.2, 0.25) is 0 Å². The van der Waals surface area contributed by atoms with Crippen LogP contribution in [-0.4, -0.2) is 55.5 Å². The lowest BCUT2D eigenvalue weighted by Crippen LogP contribution is -2.53. The molecule has 1 atom stereocenters. The van der Waals surface area contributed by atoms with Crippen molar-refractivity contribution in [1.82, 2.24) is 10.2 Å². The summed E-state index contributed by atoms with van der Waals surface area (Å²) in [7, 11) is 0. The number of amides is 1. The summed E-state index contributed by atoms with van der Waals surface area (Å²) in [4.78, 5) is 24.9. The molecule has 0 saturated carbocycles. The predicted octanol–water partition coefficient (Wildman–Crippen LogP) is 0.583. The minimum atomic E-state index is -0.170. The number of rotatable bonds is 7. The highest BCUT2D eigenvalue weighted by atomic mass is 16.5. The first-order chi connectivity index (χ1) is 8.65. The summed E-state index contributed by atoms with van der Waals surface area (Å²) in [5.74, 6) is 0.279. The SMILES string of the molecule is CCNC(=O)C1COCCN1CCCCC(C)=O. The van der Waals surface area contributed by atoms with Crippen LogP contribution in [0.4, 0.5) is 0 Å². The van der Waals surface area contributed by atoms with Crippen LogP contribution in [0.5, 0.6) is 0 Å². The van der Waals surface area contributed by atoms with Gasteiger partial charge in [-0.15, -0.1) is 0 Å². The highest BCUT2D eigenvalue weighted by Gasteiger charge is 2.28. The monoisotopic (exact) mass is 256 g/mol. The Morgan fingerprint density at radius 1 is 1.39 bits per heavy atom. The van der Waals surface area contributed by atoms with Gasteiger partial charge in [-0.2, -0.15) is 0 Å². The molecule has 104 valence electrons. The molecule has 0 radical (unpaired) electrons. The number of ketones is 1. The topological polar surface area (TPSA) is 58.6 Å². The molecule has 1 amide bonds. The number of carbonyl (C=O) groups excluding carboxylic acids is 2. The van der Waals surface area contributed by atoms with Crippen molar-refractivity contribution in [1.29, 1.82) is 0 Å². The van der Waals surface area contributed by atoms with Crippen LogP contribution < -0.4 is 5.32 Å². The smallest absolute Gasteiger partial charge is 0.239 e. The van der Waals surface area contributed by atoms with E-state index >= 15 is 0 Å². The Bertz CT molecular complexity index is 281. The first-order valence-corrected chi connectivity index (χ1v) is 6.74. The van der Waals surface area contributed by atoms with Crippen molar-refractivity contribution in [3.8, 4) is 0 Å². The van der Waals surface area contributed by atoms with Gasteiger partial charge < -0.3 is 14.8 Å². The number of nitrogens with one attached hydrogen (secondary N) is 1. The van der Waals surface area contributed by atoms with Crippen LogP contribution in [0.15, 0.2) is 0 Å². The Morgan fingerprint density at radius 2 is 2.17 bits per heavy atom. The Balaban J connectivity index is 2.34. The highest BCUT2D eigenvalue weighted by Crippen LogP contribution is 2.09. The average molecular weight is 256 g/mol. The molecule has 1 heterocycles. The molecule has 5 heteroatoms. The van der Waals surface area contributed by atoms with E-state index in [4.69, 9.17) is 4.74 Å². The molecule has 1 saturated heterocycles. The summed E-state index contributed by atoms with van der Waals surface area (Å²) in [5.41, 5.74) is 0. The third kappa shape index (κ3) is 5.14. The number of morpholine rings is 1. The lowest BCUT2D eigenvalue weighted by atomic mass is 10.1. The molecule has 0 bridgehead atoms. The Morgan fingerprint density at radius 3 is 2.83 bits per heavy atom. The summed E-state index contributed by atoms with van der Waals surface area (Å²) in [6.07, 6.45) is 2.49. The summed E-state index contributed by atoms with van der Waals surface area (Å²) in [6.45, 7) is 6.99. The van der Waals surface area contributed by atoms with E-state index in [2.05, 4.69) is 10.2 Å². The van der Waals surface area contributed by atoms with Crippen molar-refractivity contribution < 1.29 is 14.3 Å². The highest BCUT2D eigenvalue weighted by molar-refractivity contribution is 5.81. The third-order valence-electron chi connectivity index (χ3n) is 3.12. The van der Waals surface area contributed by atoms with E-state index in [0.29, 0.717) is 26.2 Å². The maximum atomic E-state index is 11.9. The molecule has 1 rings (SSSR count). The van der Waals surface area contributed by atoms with E-state index in [1.165, 1.54) is 0 Å². The molecule has 0 aromatic rings. The maximum Gasteiger partial charge on any atom is 0.239 e. The number of likely N-dealkylation sites (N-methyl/N-ethyl adjacent to an activating group) is 1. The van der Waals surface area contributed by atoms with Gasteiger partial charge in [0.15, 0.2) is 0 Å². The van der Waals surface area contributed by atoms with Crippen molar-refractivity contribution in [2.45, 2.75) is 39.2 Å². The molecular weight excluding hydrogens is 232 g/mol. The molecule has 1 fully saturated rings. The minimum Gasteiger partial charge on any atom is -0.378 e. The number of unbranched alkanes of at least 4 members (excludes halogenated alkanes) is 1. The summed E-state index contributed by atoms with van der Waals surface area (Å²) < 4.78 is 5.37. The molecule has 0 aromatic carbocycles. The van der Waals surface area contributed by atoms with Gasteiger partial charge in [0.1, 0.15) is 11.8 Å². The Hall–Kier alpha value is -0.940. The van der Waals surface area contributed by atoms with Gasteiger partial charge >= 0.3 is 0 Å². The van der Waals surface area contributed by atoms with Gasteiger partial charge in [-0.3, -0.25) is 9.69 Å². The molecule has 0 aliphatic carbocycles. The molecule has 1 N–H and O–H groups in total. The van der Waals surface area contributed by atoms with Crippen molar-refractivity contribution in [2.24, 2.45) is 0 Å². The number of carbonyl (C=O) groups is 2. The van der Waals surface area contributed by atoms with Gasteiger partial charge in [0.2, 0.25) is 5.91 Å². The second kappa shape index (κ2) is 8.21. The second-order valence-corrected chi connectivity index (χ2v) is 4.68. The summed E-state index contributed by atoms with van der Waals surface area (Å²) in [5, 5.41) is 2.84. The van der Waals surface area contributed by atoms with Crippen LogP contribution in [0.1, 0.15) is 33.1 Å². The zero-order valence-electron chi connectivity index (χ0n) is 11.4. The normalized spacial score (nSPS) is 20.7. The molecule has 5 nitrogen and oxygen atoms in total. The zero-order chi connectivity index (χ0) is 13.4. The Labute approximate surface area is 109 Å². The summed E-state index contributed by atoms with van der Waals surface area (Å²) in [6, 6.07) is -0.170. The van der Waals surface area contributed by atoms with E-state index in [1.54, 1.807) is 6.92 Å². The number of Topliss-reactive ketones (excluding diaryl/α,β-unsaturated/α-hetero) is 1. The predicted molar refractivity (Wildman–Crippen MR) is 69.4 cm³/mol. The van der Waals surface area contributed by atoms with Crippen molar-refractivity contribution in [3.63, 3.8) is 0 Å². The fourth-order valence-corrected chi connectivity index (χ4v) is 2.13. The van der Waals surface area contributed by atoms with Gasteiger partial charge in [-0.25, -0.2) is 0 Å². The maximum absolute atomic E-state index is 11.9.